The minimum atomic E-state index is -0.166. The van der Waals surface area contributed by atoms with E-state index in [0.29, 0.717) is 0 Å². The Hall–Kier alpha value is -3.45. The molecule has 0 N–H and O–H groups in total. The Morgan fingerprint density at radius 3 is 2.10 bits per heavy atom. The Kier molecular flexibility index (Phi) is 4.57. The van der Waals surface area contributed by atoms with Gasteiger partial charge in [-0.15, -0.1) is 0 Å². The van der Waals surface area contributed by atoms with E-state index >= 15 is 0 Å². The van der Waals surface area contributed by atoms with Crippen LogP contribution in [0.25, 0.3) is 16.3 Å². The van der Waals surface area contributed by atoms with Gasteiger partial charge in [0.2, 0.25) is 0 Å². The number of carbonyl (C=O) groups excluding carboxylic acids is 1. The summed E-state index contributed by atoms with van der Waals surface area (Å²) in [5.74, 6) is 0.194. The van der Waals surface area contributed by atoms with Crippen molar-refractivity contribution >= 4 is 22.1 Å². The molecule has 0 aromatic heterocycles. The van der Waals surface area contributed by atoms with Gasteiger partial charge in [-0.3, -0.25) is 4.79 Å². The molecule has 0 bridgehead atoms. The molecule has 1 nitrogen and oxygen atoms in total. The first-order valence-electron chi connectivity index (χ1n) is 10.1. The van der Waals surface area contributed by atoms with E-state index in [0.717, 1.165) is 23.1 Å². The maximum Gasteiger partial charge on any atom is 0.170 e. The third-order valence-corrected chi connectivity index (χ3v) is 5.98. The van der Waals surface area contributed by atoms with E-state index in [-0.39, 0.29) is 17.6 Å². The second-order valence-electron chi connectivity index (χ2n) is 7.68. The highest BCUT2D eigenvalue weighted by atomic mass is 16.1. The maximum atomic E-state index is 13.6. The van der Waals surface area contributed by atoms with Crippen molar-refractivity contribution in [2.45, 2.75) is 12.3 Å². The second-order valence-corrected chi connectivity index (χ2v) is 7.68. The van der Waals surface area contributed by atoms with Crippen LogP contribution < -0.4 is 0 Å². The van der Waals surface area contributed by atoms with E-state index in [9.17, 15) is 4.79 Å². The molecule has 2 atom stereocenters. The van der Waals surface area contributed by atoms with Crippen LogP contribution in [0.1, 0.15) is 33.8 Å². The molecule has 0 fully saturated rings. The van der Waals surface area contributed by atoms with Crippen molar-refractivity contribution in [3.05, 3.63) is 126 Å². The number of benzene rings is 4. The lowest BCUT2D eigenvalue weighted by Crippen LogP contribution is -2.20. The van der Waals surface area contributed by atoms with Crippen LogP contribution in [0.5, 0.6) is 0 Å². The van der Waals surface area contributed by atoms with Crippen molar-refractivity contribution in [3.63, 3.8) is 0 Å². The minimum absolute atomic E-state index is 0.155. The van der Waals surface area contributed by atoms with Crippen LogP contribution in [0.4, 0.5) is 0 Å². The monoisotopic (exact) mass is 374 g/mol. The van der Waals surface area contributed by atoms with Gasteiger partial charge in [-0.1, -0.05) is 109 Å². The van der Waals surface area contributed by atoms with Gasteiger partial charge in [0.05, 0.1) is 5.92 Å². The van der Waals surface area contributed by atoms with Crippen LogP contribution in [0.15, 0.2) is 109 Å². The van der Waals surface area contributed by atoms with Crippen molar-refractivity contribution in [3.8, 4) is 0 Å². The number of ketones is 1. The van der Waals surface area contributed by atoms with Gasteiger partial charge in [0.25, 0.3) is 0 Å². The number of allylic oxidation sites excluding steroid dienone is 2. The highest BCUT2D eigenvalue weighted by Gasteiger charge is 2.37. The lowest BCUT2D eigenvalue weighted by Gasteiger charge is -2.23. The Balaban J connectivity index is 1.59. The molecule has 1 aliphatic rings. The largest absolute Gasteiger partial charge is 0.293 e. The molecule has 0 saturated carbocycles. The molecule has 140 valence electrons. The van der Waals surface area contributed by atoms with Gasteiger partial charge in [0, 0.05) is 11.5 Å². The van der Waals surface area contributed by atoms with Gasteiger partial charge < -0.3 is 0 Å². The zero-order valence-electron chi connectivity index (χ0n) is 16.2. The first-order valence-corrected chi connectivity index (χ1v) is 10.1. The molecule has 4 aromatic carbocycles. The summed E-state index contributed by atoms with van der Waals surface area (Å²) in [5, 5.41) is 2.46. The molecule has 0 unspecified atom stereocenters. The molecule has 0 saturated heterocycles. The fourth-order valence-corrected chi connectivity index (χ4v) is 4.53. The molecule has 0 aliphatic heterocycles. The third-order valence-electron chi connectivity index (χ3n) is 5.98. The normalized spacial score (nSPS) is 18.6. The average Bonchev–Trinajstić information content (AvgIpc) is 3.24. The number of Topliss-reactive ketones (excluding diaryl/α,β-unsaturated/α-hetero) is 1. The molecular weight excluding hydrogens is 352 g/mol. The van der Waals surface area contributed by atoms with E-state index < -0.39 is 0 Å². The SMILES string of the molecule is O=C(c1ccccc1)[C@H]1C(c2ccccc2)=CC[C@@H]1c1ccc2ccccc2c1. The van der Waals surface area contributed by atoms with Crippen LogP contribution in [0.3, 0.4) is 0 Å². The molecular formula is C28H22O. The third kappa shape index (κ3) is 3.30. The predicted octanol–water partition coefficient (Wildman–Crippen LogP) is 6.91. The van der Waals surface area contributed by atoms with E-state index in [4.69, 9.17) is 0 Å². The molecule has 29 heavy (non-hydrogen) atoms. The molecule has 4 aromatic rings. The van der Waals surface area contributed by atoms with E-state index in [1.165, 1.54) is 16.3 Å². The fourth-order valence-electron chi connectivity index (χ4n) is 4.53. The molecule has 1 aliphatic carbocycles. The second kappa shape index (κ2) is 7.52. The Morgan fingerprint density at radius 1 is 0.690 bits per heavy atom. The number of rotatable bonds is 4. The number of hydrogen-bond acceptors (Lipinski definition) is 1. The number of carbonyl (C=O) groups is 1. The van der Waals surface area contributed by atoms with E-state index in [1.54, 1.807) is 0 Å². The van der Waals surface area contributed by atoms with E-state index in [2.05, 4.69) is 60.7 Å². The summed E-state index contributed by atoms with van der Waals surface area (Å²) < 4.78 is 0. The van der Waals surface area contributed by atoms with Crippen molar-refractivity contribution in [2.24, 2.45) is 5.92 Å². The first kappa shape index (κ1) is 17.6. The summed E-state index contributed by atoms with van der Waals surface area (Å²) in [6.07, 6.45) is 3.15. The lowest BCUT2D eigenvalue weighted by atomic mass is 9.78. The van der Waals surface area contributed by atoms with Crippen LogP contribution in [0, 0.1) is 5.92 Å². The number of fused-ring (bicyclic) bond motifs is 1. The molecule has 1 heteroatoms. The standard InChI is InChI=1S/C28H22O/c29-28(22-12-5-2-6-13-22)27-25(21-10-3-1-4-11-21)17-18-26(27)24-16-15-20-9-7-8-14-23(20)19-24/h1-17,19,26-27H,18H2/t26-,27+/m1/s1. The highest BCUT2D eigenvalue weighted by molar-refractivity contribution is 6.06. The zero-order valence-corrected chi connectivity index (χ0v) is 16.2. The zero-order chi connectivity index (χ0) is 19.6. The highest BCUT2D eigenvalue weighted by Crippen LogP contribution is 2.46. The molecule has 0 spiro atoms. The van der Waals surface area contributed by atoms with Gasteiger partial charge in [-0.05, 0) is 33.9 Å². The first-order chi connectivity index (χ1) is 14.3. The summed E-state index contributed by atoms with van der Waals surface area (Å²) in [6, 6.07) is 35.1. The number of hydrogen-bond donors (Lipinski definition) is 0. The Morgan fingerprint density at radius 2 is 1.34 bits per heavy atom. The van der Waals surface area contributed by atoms with Gasteiger partial charge in [-0.25, -0.2) is 0 Å². The summed E-state index contributed by atoms with van der Waals surface area (Å²) >= 11 is 0. The maximum absolute atomic E-state index is 13.6. The van der Waals surface area contributed by atoms with Crippen molar-refractivity contribution in [2.75, 3.05) is 0 Å². The average molecular weight is 374 g/mol. The smallest absolute Gasteiger partial charge is 0.170 e. The van der Waals surface area contributed by atoms with Crippen molar-refractivity contribution < 1.29 is 4.79 Å². The van der Waals surface area contributed by atoms with Gasteiger partial charge in [0.15, 0.2) is 5.78 Å². The van der Waals surface area contributed by atoms with Crippen LogP contribution >= 0.6 is 0 Å². The molecule has 0 heterocycles. The van der Waals surface area contributed by atoms with Crippen LogP contribution in [0.2, 0.25) is 0 Å². The van der Waals surface area contributed by atoms with Gasteiger partial charge >= 0.3 is 0 Å². The van der Waals surface area contributed by atoms with Crippen molar-refractivity contribution in [1.29, 1.82) is 0 Å². The summed E-state index contributed by atoms with van der Waals surface area (Å²) in [5.41, 5.74) is 4.31. The summed E-state index contributed by atoms with van der Waals surface area (Å²) in [7, 11) is 0. The topological polar surface area (TPSA) is 17.1 Å². The molecule has 0 amide bonds. The molecule has 5 rings (SSSR count). The lowest BCUT2D eigenvalue weighted by molar-refractivity contribution is 0.0939. The Bertz CT molecular complexity index is 1190. The Labute approximate surface area is 171 Å². The molecule has 0 radical (unpaired) electrons. The van der Waals surface area contributed by atoms with Crippen LogP contribution in [-0.2, 0) is 0 Å². The summed E-state index contributed by atoms with van der Waals surface area (Å²) in [4.78, 5) is 13.6. The quantitative estimate of drug-likeness (QED) is 0.355. The predicted molar refractivity (Wildman–Crippen MR) is 120 cm³/mol. The van der Waals surface area contributed by atoms with Crippen molar-refractivity contribution in [1.82, 2.24) is 0 Å². The van der Waals surface area contributed by atoms with Gasteiger partial charge in [0.1, 0.15) is 0 Å². The minimum Gasteiger partial charge on any atom is -0.293 e. The van der Waals surface area contributed by atoms with E-state index in [1.807, 2.05) is 48.5 Å². The van der Waals surface area contributed by atoms with Crippen LogP contribution in [-0.4, -0.2) is 5.78 Å². The fraction of sp³-hybridized carbons (Fsp3) is 0.107. The van der Waals surface area contributed by atoms with Gasteiger partial charge in [-0.2, -0.15) is 0 Å². The summed E-state index contributed by atoms with van der Waals surface area (Å²) in [6.45, 7) is 0.